The van der Waals surface area contributed by atoms with Crippen LogP contribution in [-0.4, -0.2) is 15.0 Å². The molecular weight excluding hydrogens is 355 g/mol. The minimum atomic E-state index is -4.48. The van der Waals surface area contributed by atoms with Gasteiger partial charge < -0.3 is 4.74 Å². The molecule has 0 fully saturated rings. The zero-order valence-corrected chi connectivity index (χ0v) is 13.6. The number of benzene rings is 1. The molecule has 3 rings (SSSR count). The topological polar surface area (TPSA) is 47.9 Å². The maximum Gasteiger partial charge on any atom is 0.417 e. The van der Waals surface area contributed by atoms with Crippen molar-refractivity contribution in [2.24, 2.45) is 0 Å². The molecule has 0 aliphatic carbocycles. The van der Waals surface area contributed by atoms with Gasteiger partial charge in [0.15, 0.2) is 0 Å². The highest BCUT2D eigenvalue weighted by Gasteiger charge is 2.31. The molecule has 0 unspecified atom stereocenters. The molecule has 0 aliphatic heterocycles. The Hall–Kier alpha value is -2.67. The lowest BCUT2D eigenvalue weighted by Crippen LogP contribution is -2.05. The quantitative estimate of drug-likeness (QED) is 0.631. The predicted molar refractivity (Wildman–Crippen MR) is 86.5 cm³/mol. The Morgan fingerprint density at radius 3 is 2.40 bits per heavy atom. The van der Waals surface area contributed by atoms with Crippen molar-refractivity contribution in [2.45, 2.75) is 13.1 Å². The summed E-state index contributed by atoms with van der Waals surface area (Å²) in [5.74, 6) is 0.314. The van der Waals surface area contributed by atoms with Gasteiger partial charge in [-0.2, -0.15) is 13.2 Å². The summed E-state index contributed by atoms with van der Waals surface area (Å²) in [6, 6.07) is 6.19. The predicted octanol–water partition coefficient (Wildman–Crippen LogP) is 5.31. The molecule has 0 bridgehead atoms. The molecule has 0 saturated carbocycles. The van der Waals surface area contributed by atoms with Gasteiger partial charge in [-0.05, 0) is 25.1 Å². The molecule has 25 heavy (non-hydrogen) atoms. The van der Waals surface area contributed by atoms with Crippen LogP contribution >= 0.6 is 11.6 Å². The average Bonchev–Trinajstić information content (AvgIpc) is 2.58. The molecule has 128 valence electrons. The highest BCUT2D eigenvalue weighted by atomic mass is 35.5. The van der Waals surface area contributed by atoms with Gasteiger partial charge in [0.05, 0.1) is 23.0 Å². The molecule has 2 aromatic heterocycles. The summed E-state index contributed by atoms with van der Waals surface area (Å²) in [4.78, 5) is 11.5. The fourth-order valence-electron chi connectivity index (χ4n) is 2.15. The van der Waals surface area contributed by atoms with Gasteiger partial charge in [-0.25, -0.2) is 9.97 Å². The number of nitrogens with zero attached hydrogens (tertiary/aromatic N) is 3. The third kappa shape index (κ3) is 4.06. The van der Waals surface area contributed by atoms with Crippen molar-refractivity contribution in [3.05, 3.63) is 65.2 Å². The van der Waals surface area contributed by atoms with Crippen LogP contribution < -0.4 is 4.74 Å². The van der Waals surface area contributed by atoms with Gasteiger partial charge in [0, 0.05) is 23.5 Å². The summed E-state index contributed by atoms with van der Waals surface area (Å²) < 4.78 is 44.4. The molecule has 0 aliphatic rings. The Morgan fingerprint density at radius 1 is 1.00 bits per heavy atom. The third-order valence-corrected chi connectivity index (χ3v) is 3.50. The number of alkyl halides is 3. The first-order chi connectivity index (χ1) is 11.8. The number of hydrogen-bond donors (Lipinski definition) is 0. The van der Waals surface area contributed by atoms with Gasteiger partial charge in [-0.3, -0.25) is 4.98 Å². The standard InChI is InChI=1S/C17H11ClF3N3O/c1-10-2-3-15(25-16-23-8-13(18)9-24-16)14(4-10)11-5-12(7-22-6-11)17(19,20)21/h2-9H,1H3. The second-order valence-corrected chi connectivity index (χ2v) is 5.68. The number of hydrogen-bond acceptors (Lipinski definition) is 4. The Kier molecular flexibility index (Phi) is 4.59. The van der Waals surface area contributed by atoms with Crippen LogP contribution in [0.4, 0.5) is 13.2 Å². The van der Waals surface area contributed by atoms with Crippen LogP contribution in [0.3, 0.4) is 0 Å². The largest absolute Gasteiger partial charge is 0.424 e. The first-order valence-electron chi connectivity index (χ1n) is 7.11. The monoisotopic (exact) mass is 365 g/mol. The second-order valence-electron chi connectivity index (χ2n) is 5.25. The highest BCUT2D eigenvalue weighted by molar-refractivity contribution is 6.30. The summed E-state index contributed by atoms with van der Waals surface area (Å²) in [5, 5.41) is 0.346. The van der Waals surface area contributed by atoms with E-state index in [4.69, 9.17) is 16.3 Å². The molecule has 0 radical (unpaired) electrons. The van der Waals surface area contributed by atoms with Gasteiger partial charge in [-0.15, -0.1) is 0 Å². The maximum absolute atomic E-state index is 12.9. The van der Waals surface area contributed by atoms with Crippen molar-refractivity contribution in [1.29, 1.82) is 0 Å². The van der Waals surface area contributed by atoms with Gasteiger partial charge >= 0.3 is 12.2 Å². The van der Waals surface area contributed by atoms with E-state index in [9.17, 15) is 13.2 Å². The van der Waals surface area contributed by atoms with Crippen molar-refractivity contribution < 1.29 is 17.9 Å². The van der Waals surface area contributed by atoms with Gasteiger partial charge in [0.2, 0.25) is 0 Å². The summed E-state index contributed by atoms with van der Waals surface area (Å²) in [6.07, 6.45) is 0.377. The first-order valence-corrected chi connectivity index (χ1v) is 7.49. The molecule has 0 N–H and O–H groups in total. The van der Waals surface area contributed by atoms with E-state index in [1.807, 2.05) is 6.92 Å². The third-order valence-electron chi connectivity index (χ3n) is 3.31. The summed E-state index contributed by atoms with van der Waals surface area (Å²) >= 11 is 5.73. The Labute approximate surface area is 146 Å². The van der Waals surface area contributed by atoms with Crippen molar-refractivity contribution in [3.63, 3.8) is 0 Å². The van der Waals surface area contributed by atoms with Crippen LogP contribution in [0.2, 0.25) is 5.02 Å². The van der Waals surface area contributed by atoms with Gasteiger partial charge in [0.25, 0.3) is 0 Å². The van der Waals surface area contributed by atoms with Crippen molar-refractivity contribution in [1.82, 2.24) is 15.0 Å². The molecule has 8 heteroatoms. The molecule has 3 aromatic rings. The van der Waals surface area contributed by atoms with E-state index in [1.165, 1.54) is 18.6 Å². The van der Waals surface area contributed by atoms with E-state index in [2.05, 4.69) is 15.0 Å². The Morgan fingerprint density at radius 2 is 1.72 bits per heavy atom. The smallest absolute Gasteiger partial charge is 0.417 e. The fourth-order valence-corrected chi connectivity index (χ4v) is 2.25. The van der Waals surface area contributed by atoms with E-state index in [-0.39, 0.29) is 11.6 Å². The Balaban J connectivity index is 2.04. The molecule has 0 atom stereocenters. The van der Waals surface area contributed by atoms with Crippen molar-refractivity contribution >= 4 is 11.6 Å². The Bertz CT molecular complexity index is 898. The zero-order valence-electron chi connectivity index (χ0n) is 12.9. The normalized spacial score (nSPS) is 11.4. The molecule has 4 nitrogen and oxygen atoms in total. The molecule has 0 saturated heterocycles. The number of aryl methyl sites for hydroxylation is 1. The van der Waals surface area contributed by atoms with Crippen LogP contribution in [0.1, 0.15) is 11.1 Å². The lowest BCUT2D eigenvalue weighted by Gasteiger charge is -2.13. The minimum absolute atomic E-state index is 0.0365. The zero-order chi connectivity index (χ0) is 18.0. The van der Waals surface area contributed by atoms with Crippen LogP contribution in [0.25, 0.3) is 11.1 Å². The molecule has 0 amide bonds. The summed E-state index contributed by atoms with van der Waals surface area (Å²) in [5.41, 5.74) is 0.761. The molecule has 1 aromatic carbocycles. The van der Waals surface area contributed by atoms with Crippen LogP contribution in [0, 0.1) is 6.92 Å². The molecule has 2 heterocycles. The minimum Gasteiger partial charge on any atom is -0.424 e. The number of pyridine rings is 1. The lowest BCUT2D eigenvalue weighted by molar-refractivity contribution is -0.137. The summed E-state index contributed by atoms with van der Waals surface area (Å²) in [7, 11) is 0. The number of ether oxygens (including phenoxy) is 1. The van der Waals surface area contributed by atoms with E-state index in [0.29, 0.717) is 16.3 Å². The van der Waals surface area contributed by atoms with Crippen LogP contribution in [0.5, 0.6) is 11.8 Å². The van der Waals surface area contributed by atoms with Crippen LogP contribution in [0.15, 0.2) is 49.1 Å². The second kappa shape index (κ2) is 6.68. The van der Waals surface area contributed by atoms with E-state index in [0.717, 1.165) is 17.8 Å². The van der Waals surface area contributed by atoms with Crippen LogP contribution in [-0.2, 0) is 6.18 Å². The highest BCUT2D eigenvalue weighted by Crippen LogP contribution is 2.36. The fraction of sp³-hybridized carbons (Fsp3) is 0.118. The number of halogens is 4. The van der Waals surface area contributed by atoms with Crippen molar-refractivity contribution in [2.75, 3.05) is 0 Å². The number of rotatable bonds is 3. The summed E-state index contributed by atoms with van der Waals surface area (Å²) in [6.45, 7) is 1.83. The number of aromatic nitrogens is 3. The first kappa shape index (κ1) is 17.2. The molecule has 0 spiro atoms. The average molecular weight is 366 g/mol. The SMILES string of the molecule is Cc1ccc(Oc2ncc(Cl)cn2)c(-c2cncc(C(F)(F)F)c2)c1. The lowest BCUT2D eigenvalue weighted by atomic mass is 10.0. The molecular formula is C17H11ClF3N3O. The van der Waals surface area contributed by atoms with E-state index >= 15 is 0 Å². The maximum atomic E-state index is 12.9. The van der Waals surface area contributed by atoms with Gasteiger partial charge in [-0.1, -0.05) is 23.2 Å². The van der Waals surface area contributed by atoms with E-state index < -0.39 is 11.7 Å². The van der Waals surface area contributed by atoms with Crippen molar-refractivity contribution in [3.8, 4) is 22.9 Å². The van der Waals surface area contributed by atoms with Gasteiger partial charge in [0.1, 0.15) is 5.75 Å². The van der Waals surface area contributed by atoms with E-state index in [1.54, 1.807) is 18.2 Å².